The van der Waals surface area contributed by atoms with Crippen molar-refractivity contribution >= 4 is 11.9 Å². The van der Waals surface area contributed by atoms with Crippen molar-refractivity contribution < 1.29 is 19.1 Å². The first-order valence-electron chi connectivity index (χ1n) is 9.55. The Morgan fingerprint density at radius 1 is 0.652 bits per heavy atom. The number of hydrogen-bond donors (Lipinski definition) is 0. The summed E-state index contributed by atoms with van der Waals surface area (Å²) in [5.41, 5.74) is 0. The van der Waals surface area contributed by atoms with Crippen molar-refractivity contribution in [1.29, 1.82) is 0 Å². The zero-order chi connectivity index (χ0) is 16.3. The number of hydrogen-bond acceptors (Lipinski definition) is 4. The zero-order valence-electron chi connectivity index (χ0n) is 14.4. The molecule has 0 aliphatic heterocycles. The van der Waals surface area contributed by atoms with E-state index < -0.39 is 0 Å². The summed E-state index contributed by atoms with van der Waals surface area (Å²) in [6.45, 7) is 1.12. The number of carbonyl (C=O) groups excluding carboxylic acids is 2. The lowest BCUT2D eigenvalue weighted by molar-refractivity contribution is -0.147. The number of carbonyl (C=O) groups is 2. The molecule has 0 bridgehead atoms. The molecule has 0 spiro atoms. The molecule has 2 aliphatic carbocycles. The van der Waals surface area contributed by atoms with Crippen molar-refractivity contribution in [3.8, 4) is 0 Å². The minimum Gasteiger partial charge on any atom is -0.465 e. The molecule has 0 N–H and O–H groups in total. The summed E-state index contributed by atoms with van der Waals surface area (Å²) in [6.07, 6.45) is 13.6. The molecule has 2 fully saturated rings. The van der Waals surface area contributed by atoms with Gasteiger partial charge in [0.1, 0.15) is 0 Å². The molecule has 0 aromatic rings. The van der Waals surface area contributed by atoms with Crippen LogP contribution in [0.4, 0.5) is 0 Å². The highest BCUT2D eigenvalue weighted by Gasteiger charge is 2.17. The molecule has 2 saturated carbocycles. The molecule has 0 radical (unpaired) electrons. The quantitative estimate of drug-likeness (QED) is 0.621. The van der Waals surface area contributed by atoms with Crippen molar-refractivity contribution in [1.82, 2.24) is 0 Å². The summed E-state index contributed by atoms with van der Waals surface area (Å²) in [5, 5.41) is 0. The van der Waals surface area contributed by atoms with Gasteiger partial charge in [-0.3, -0.25) is 9.59 Å². The molecule has 0 aromatic heterocycles. The number of ether oxygens (including phenoxy) is 2. The summed E-state index contributed by atoms with van der Waals surface area (Å²) in [7, 11) is 0. The Kier molecular flexibility index (Phi) is 8.48. The maximum Gasteiger partial charge on any atom is 0.305 e. The monoisotopic (exact) mass is 324 g/mol. The van der Waals surface area contributed by atoms with Crippen LogP contribution in [0.1, 0.15) is 83.5 Å². The van der Waals surface area contributed by atoms with E-state index in [0.717, 1.165) is 0 Å². The van der Waals surface area contributed by atoms with Crippen molar-refractivity contribution in [3.05, 3.63) is 0 Å². The van der Waals surface area contributed by atoms with Crippen LogP contribution in [0.5, 0.6) is 0 Å². The molecule has 0 saturated heterocycles. The van der Waals surface area contributed by atoms with E-state index in [2.05, 4.69) is 0 Å². The molecule has 23 heavy (non-hydrogen) atoms. The van der Waals surface area contributed by atoms with E-state index in [1.165, 1.54) is 64.2 Å². The maximum atomic E-state index is 11.7. The highest BCUT2D eigenvalue weighted by atomic mass is 16.5. The Hall–Kier alpha value is -1.06. The Labute approximate surface area is 140 Å². The topological polar surface area (TPSA) is 52.6 Å². The fourth-order valence-corrected chi connectivity index (χ4v) is 3.65. The third-order valence-electron chi connectivity index (χ3n) is 5.17. The van der Waals surface area contributed by atoms with Crippen molar-refractivity contribution in [2.24, 2.45) is 11.8 Å². The third kappa shape index (κ3) is 7.85. The van der Waals surface area contributed by atoms with Gasteiger partial charge >= 0.3 is 11.9 Å². The van der Waals surface area contributed by atoms with Crippen LogP contribution >= 0.6 is 0 Å². The highest BCUT2D eigenvalue weighted by Crippen LogP contribution is 2.24. The van der Waals surface area contributed by atoms with Crippen molar-refractivity contribution in [2.75, 3.05) is 13.2 Å². The molecule has 0 aromatic carbocycles. The molecule has 2 rings (SSSR count). The average Bonchev–Trinajstić information content (AvgIpc) is 2.60. The van der Waals surface area contributed by atoms with E-state index in [1.54, 1.807) is 0 Å². The van der Waals surface area contributed by atoms with Gasteiger partial charge in [-0.1, -0.05) is 38.5 Å². The van der Waals surface area contributed by atoms with Gasteiger partial charge in [-0.05, 0) is 43.9 Å². The minimum absolute atomic E-state index is 0.171. The largest absolute Gasteiger partial charge is 0.465 e. The van der Waals surface area contributed by atoms with Crippen LogP contribution in [0.2, 0.25) is 0 Å². The van der Waals surface area contributed by atoms with Gasteiger partial charge in [-0.15, -0.1) is 0 Å². The van der Waals surface area contributed by atoms with Gasteiger partial charge in [0.15, 0.2) is 0 Å². The summed E-state index contributed by atoms with van der Waals surface area (Å²) >= 11 is 0. The summed E-state index contributed by atoms with van der Waals surface area (Å²) in [4.78, 5) is 23.4. The van der Waals surface area contributed by atoms with Crippen molar-refractivity contribution in [3.63, 3.8) is 0 Å². The van der Waals surface area contributed by atoms with Crippen LogP contribution in [0.15, 0.2) is 0 Å². The first-order chi connectivity index (χ1) is 11.2. The zero-order valence-corrected chi connectivity index (χ0v) is 14.4. The van der Waals surface area contributed by atoms with E-state index in [0.29, 0.717) is 44.3 Å². The SMILES string of the molecule is O=C(CCCC(=O)OCC1CCCCC1)OCC1CCCCC1. The predicted molar refractivity (Wildman–Crippen MR) is 88.9 cm³/mol. The van der Waals surface area contributed by atoms with E-state index in [4.69, 9.17) is 9.47 Å². The standard InChI is InChI=1S/C19H32O4/c20-18(22-14-16-8-3-1-4-9-16)12-7-13-19(21)23-15-17-10-5-2-6-11-17/h16-17H,1-15H2. The Balaban J connectivity index is 1.46. The van der Waals surface area contributed by atoms with Gasteiger partial charge in [0, 0.05) is 12.8 Å². The number of esters is 2. The lowest BCUT2D eigenvalue weighted by Crippen LogP contribution is -2.18. The van der Waals surface area contributed by atoms with Crippen LogP contribution < -0.4 is 0 Å². The van der Waals surface area contributed by atoms with Gasteiger partial charge < -0.3 is 9.47 Å². The Bertz CT molecular complexity index is 320. The lowest BCUT2D eigenvalue weighted by Gasteiger charge is -2.21. The van der Waals surface area contributed by atoms with Crippen molar-refractivity contribution in [2.45, 2.75) is 83.5 Å². The first-order valence-corrected chi connectivity index (χ1v) is 9.55. The summed E-state index contributed by atoms with van der Waals surface area (Å²) < 4.78 is 10.7. The van der Waals surface area contributed by atoms with Gasteiger partial charge in [-0.2, -0.15) is 0 Å². The Morgan fingerprint density at radius 3 is 1.43 bits per heavy atom. The molecule has 0 heterocycles. The second-order valence-corrected chi connectivity index (χ2v) is 7.23. The second-order valence-electron chi connectivity index (χ2n) is 7.23. The molecule has 0 unspecified atom stereocenters. The smallest absolute Gasteiger partial charge is 0.305 e. The van der Waals surface area contributed by atoms with Gasteiger partial charge in [0.25, 0.3) is 0 Å². The fourth-order valence-electron chi connectivity index (χ4n) is 3.65. The van der Waals surface area contributed by atoms with Crippen LogP contribution in [0.3, 0.4) is 0 Å². The molecule has 4 heteroatoms. The normalized spacial score (nSPS) is 20.2. The molecule has 132 valence electrons. The summed E-state index contributed by atoms with van der Waals surface area (Å²) in [5.74, 6) is 0.757. The third-order valence-corrected chi connectivity index (χ3v) is 5.17. The number of rotatable bonds is 8. The average molecular weight is 324 g/mol. The van der Waals surface area contributed by atoms with Crippen LogP contribution in [0.25, 0.3) is 0 Å². The molecule has 4 nitrogen and oxygen atoms in total. The molecule has 0 atom stereocenters. The summed E-state index contributed by atoms with van der Waals surface area (Å²) in [6, 6.07) is 0. The highest BCUT2D eigenvalue weighted by molar-refractivity contribution is 5.72. The fraction of sp³-hybridized carbons (Fsp3) is 0.895. The van der Waals surface area contributed by atoms with Gasteiger partial charge in [-0.25, -0.2) is 0 Å². The first kappa shape index (κ1) is 18.3. The molecular weight excluding hydrogens is 292 g/mol. The van der Waals surface area contributed by atoms with E-state index in [9.17, 15) is 9.59 Å². The van der Waals surface area contributed by atoms with E-state index >= 15 is 0 Å². The predicted octanol–water partition coefficient (Wildman–Crippen LogP) is 4.40. The van der Waals surface area contributed by atoms with Crippen LogP contribution in [-0.4, -0.2) is 25.2 Å². The van der Waals surface area contributed by atoms with Crippen LogP contribution in [-0.2, 0) is 19.1 Å². The molecule has 2 aliphatic rings. The van der Waals surface area contributed by atoms with E-state index in [1.807, 2.05) is 0 Å². The van der Waals surface area contributed by atoms with Gasteiger partial charge in [0.2, 0.25) is 0 Å². The second kappa shape index (κ2) is 10.7. The lowest BCUT2D eigenvalue weighted by atomic mass is 9.90. The minimum atomic E-state index is -0.171. The molecular formula is C19H32O4. The Morgan fingerprint density at radius 2 is 1.04 bits per heavy atom. The van der Waals surface area contributed by atoms with Gasteiger partial charge in [0.05, 0.1) is 13.2 Å². The maximum absolute atomic E-state index is 11.7. The van der Waals surface area contributed by atoms with Crippen LogP contribution in [0, 0.1) is 11.8 Å². The van der Waals surface area contributed by atoms with E-state index in [-0.39, 0.29) is 11.9 Å². The molecule has 0 amide bonds.